The summed E-state index contributed by atoms with van der Waals surface area (Å²) in [6.07, 6.45) is 5.14. The molecule has 1 aromatic heterocycles. The minimum atomic E-state index is -0.865. The first kappa shape index (κ1) is 20.5. The third-order valence-electron chi connectivity index (χ3n) is 5.96. The molecule has 1 aliphatic carbocycles. The quantitative estimate of drug-likeness (QED) is 0.593. The number of fused-ring (bicyclic) bond motifs is 1. The second kappa shape index (κ2) is 9.01. The second-order valence-corrected chi connectivity index (χ2v) is 8.33. The van der Waals surface area contributed by atoms with Crippen LogP contribution in [-0.4, -0.2) is 35.6 Å². The SMILES string of the molecule is NCc1nc(C(COC2CCCCO2)(OC2CC2)c2ccccc2)c2ccccc2n1. The maximum atomic E-state index is 6.81. The van der Waals surface area contributed by atoms with E-state index in [9.17, 15) is 0 Å². The molecule has 1 aliphatic heterocycles. The summed E-state index contributed by atoms with van der Waals surface area (Å²) in [4.78, 5) is 9.58. The van der Waals surface area contributed by atoms with Gasteiger partial charge in [0.05, 0.1) is 30.5 Å². The van der Waals surface area contributed by atoms with Gasteiger partial charge in [-0.3, -0.25) is 0 Å². The van der Waals surface area contributed by atoms with E-state index < -0.39 is 5.60 Å². The van der Waals surface area contributed by atoms with Crippen LogP contribution in [-0.2, 0) is 26.4 Å². The molecule has 2 unspecified atom stereocenters. The first-order valence-corrected chi connectivity index (χ1v) is 11.2. The molecule has 162 valence electrons. The second-order valence-electron chi connectivity index (χ2n) is 8.33. The summed E-state index contributed by atoms with van der Waals surface area (Å²) < 4.78 is 19.0. The van der Waals surface area contributed by atoms with Crippen molar-refractivity contribution in [2.45, 2.75) is 56.6 Å². The maximum Gasteiger partial charge on any atom is 0.159 e. The Morgan fingerprint density at radius 3 is 2.52 bits per heavy atom. The van der Waals surface area contributed by atoms with Gasteiger partial charge in [-0.05, 0) is 43.7 Å². The van der Waals surface area contributed by atoms with E-state index in [-0.39, 0.29) is 18.9 Å². The Morgan fingerprint density at radius 2 is 1.77 bits per heavy atom. The molecule has 2 atom stereocenters. The van der Waals surface area contributed by atoms with Gasteiger partial charge in [0.2, 0.25) is 0 Å². The van der Waals surface area contributed by atoms with Crippen molar-refractivity contribution in [3.63, 3.8) is 0 Å². The predicted octanol–water partition coefficient (Wildman–Crippen LogP) is 4.05. The van der Waals surface area contributed by atoms with Gasteiger partial charge in [0.15, 0.2) is 11.9 Å². The smallest absolute Gasteiger partial charge is 0.159 e. The molecule has 2 N–H and O–H groups in total. The molecule has 2 aromatic carbocycles. The van der Waals surface area contributed by atoms with E-state index in [0.29, 0.717) is 12.4 Å². The lowest BCUT2D eigenvalue weighted by Gasteiger charge is -2.36. The summed E-state index contributed by atoms with van der Waals surface area (Å²) in [6.45, 7) is 1.32. The third-order valence-corrected chi connectivity index (χ3v) is 5.96. The van der Waals surface area contributed by atoms with E-state index in [1.165, 1.54) is 0 Å². The summed E-state index contributed by atoms with van der Waals surface area (Å²) in [5.41, 5.74) is 7.81. The summed E-state index contributed by atoms with van der Waals surface area (Å²) in [5, 5.41) is 0.956. The fraction of sp³-hybridized carbons (Fsp3) is 0.440. The van der Waals surface area contributed by atoms with E-state index in [4.69, 9.17) is 24.9 Å². The van der Waals surface area contributed by atoms with Crippen LogP contribution in [0.1, 0.15) is 49.2 Å². The van der Waals surface area contributed by atoms with Crippen molar-refractivity contribution >= 4 is 10.9 Å². The molecule has 1 saturated heterocycles. The molecule has 2 heterocycles. The van der Waals surface area contributed by atoms with Crippen LogP contribution in [0.5, 0.6) is 0 Å². The molecule has 0 amide bonds. The Balaban J connectivity index is 1.66. The van der Waals surface area contributed by atoms with E-state index in [1.54, 1.807) is 0 Å². The van der Waals surface area contributed by atoms with Crippen molar-refractivity contribution in [3.8, 4) is 0 Å². The lowest BCUT2D eigenvalue weighted by atomic mass is 9.88. The van der Waals surface area contributed by atoms with Crippen LogP contribution in [0.15, 0.2) is 54.6 Å². The Hall–Kier alpha value is -2.38. The van der Waals surface area contributed by atoms with Gasteiger partial charge in [0, 0.05) is 12.0 Å². The van der Waals surface area contributed by atoms with Crippen LogP contribution in [0.25, 0.3) is 10.9 Å². The first-order valence-electron chi connectivity index (χ1n) is 11.2. The van der Waals surface area contributed by atoms with E-state index in [0.717, 1.165) is 60.9 Å². The summed E-state index contributed by atoms with van der Waals surface area (Å²) >= 11 is 0. The van der Waals surface area contributed by atoms with Gasteiger partial charge < -0.3 is 19.9 Å². The van der Waals surface area contributed by atoms with Gasteiger partial charge in [-0.25, -0.2) is 9.97 Å². The van der Waals surface area contributed by atoms with Crippen LogP contribution in [0.4, 0.5) is 0 Å². The summed E-state index contributed by atoms with van der Waals surface area (Å²) in [5.74, 6) is 0.599. The molecule has 0 radical (unpaired) electrons. The van der Waals surface area contributed by atoms with Crippen molar-refractivity contribution in [1.29, 1.82) is 0 Å². The number of para-hydroxylation sites is 1. The maximum absolute atomic E-state index is 6.81. The fourth-order valence-corrected chi connectivity index (χ4v) is 4.20. The molecule has 3 aromatic rings. The van der Waals surface area contributed by atoms with Crippen molar-refractivity contribution in [1.82, 2.24) is 9.97 Å². The molecule has 2 aliphatic rings. The fourth-order valence-electron chi connectivity index (χ4n) is 4.20. The molecule has 31 heavy (non-hydrogen) atoms. The zero-order valence-corrected chi connectivity index (χ0v) is 17.7. The Labute approximate surface area is 182 Å². The minimum absolute atomic E-state index is 0.186. The lowest BCUT2D eigenvalue weighted by molar-refractivity contribution is -0.197. The Morgan fingerprint density at radius 1 is 0.968 bits per heavy atom. The van der Waals surface area contributed by atoms with Crippen LogP contribution < -0.4 is 5.73 Å². The van der Waals surface area contributed by atoms with Crippen LogP contribution in [0.2, 0.25) is 0 Å². The number of hydrogen-bond donors (Lipinski definition) is 1. The van der Waals surface area contributed by atoms with Gasteiger partial charge in [-0.1, -0.05) is 48.5 Å². The van der Waals surface area contributed by atoms with Crippen molar-refractivity contribution in [3.05, 3.63) is 71.7 Å². The predicted molar refractivity (Wildman–Crippen MR) is 118 cm³/mol. The van der Waals surface area contributed by atoms with Gasteiger partial charge in [0.25, 0.3) is 0 Å². The van der Waals surface area contributed by atoms with E-state index in [1.807, 2.05) is 36.4 Å². The molecular weight excluding hydrogens is 390 g/mol. The van der Waals surface area contributed by atoms with Crippen LogP contribution >= 0.6 is 0 Å². The molecule has 5 rings (SSSR count). The highest BCUT2D eigenvalue weighted by atomic mass is 16.7. The first-order chi connectivity index (χ1) is 15.3. The number of nitrogens with two attached hydrogens (primary N) is 1. The normalized spacial score (nSPS) is 21.1. The Bertz CT molecular complexity index is 1020. The molecule has 2 fully saturated rings. The van der Waals surface area contributed by atoms with Crippen molar-refractivity contribution in [2.75, 3.05) is 13.2 Å². The molecular formula is C25H29N3O3. The highest BCUT2D eigenvalue weighted by Gasteiger charge is 2.44. The highest BCUT2D eigenvalue weighted by Crippen LogP contribution is 2.42. The number of hydrogen-bond acceptors (Lipinski definition) is 6. The number of benzene rings is 2. The molecule has 6 heteroatoms. The van der Waals surface area contributed by atoms with E-state index >= 15 is 0 Å². The summed E-state index contributed by atoms with van der Waals surface area (Å²) in [6, 6.07) is 18.3. The zero-order valence-electron chi connectivity index (χ0n) is 17.7. The molecule has 0 bridgehead atoms. The number of ether oxygens (including phenoxy) is 3. The third kappa shape index (κ3) is 4.34. The largest absolute Gasteiger partial charge is 0.358 e. The molecule has 0 spiro atoms. The van der Waals surface area contributed by atoms with Crippen molar-refractivity contribution in [2.24, 2.45) is 5.73 Å². The van der Waals surface area contributed by atoms with Gasteiger partial charge in [-0.2, -0.15) is 0 Å². The topological polar surface area (TPSA) is 79.5 Å². The van der Waals surface area contributed by atoms with Gasteiger partial charge in [-0.15, -0.1) is 0 Å². The minimum Gasteiger partial charge on any atom is -0.358 e. The average Bonchev–Trinajstić information content (AvgIpc) is 3.66. The molecule has 1 saturated carbocycles. The monoisotopic (exact) mass is 419 g/mol. The van der Waals surface area contributed by atoms with Crippen LogP contribution in [0.3, 0.4) is 0 Å². The van der Waals surface area contributed by atoms with Gasteiger partial charge in [0.1, 0.15) is 5.82 Å². The number of aromatic nitrogens is 2. The molecule has 6 nitrogen and oxygen atoms in total. The standard InChI is InChI=1S/C25H29N3O3/c26-16-22-27-21-11-5-4-10-20(21)24(28-22)25(31-19-13-14-19,18-8-2-1-3-9-18)17-30-23-12-6-7-15-29-23/h1-5,8-11,19,23H,6-7,12-17,26H2. The zero-order chi connectivity index (χ0) is 21.1. The number of rotatable bonds is 8. The van der Waals surface area contributed by atoms with Gasteiger partial charge >= 0.3 is 0 Å². The number of nitrogens with zero attached hydrogens (tertiary/aromatic N) is 2. The van der Waals surface area contributed by atoms with Crippen molar-refractivity contribution < 1.29 is 14.2 Å². The lowest BCUT2D eigenvalue weighted by Crippen LogP contribution is -2.41. The average molecular weight is 420 g/mol. The Kier molecular flexibility index (Phi) is 5.96. The van der Waals surface area contributed by atoms with Crippen LogP contribution in [0, 0.1) is 0 Å². The highest BCUT2D eigenvalue weighted by molar-refractivity contribution is 5.82. The van der Waals surface area contributed by atoms with E-state index in [2.05, 4.69) is 23.2 Å². The summed E-state index contributed by atoms with van der Waals surface area (Å²) in [7, 11) is 0.